The Morgan fingerprint density at radius 3 is 2.16 bits per heavy atom. The van der Waals surface area contributed by atoms with E-state index in [1.807, 2.05) is 80.6 Å². The van der Waals surface area contributed by atoms with Crippen molar-refractivity contribution in [3.8, 4) is 11.1 Å². The number of nitrogens with one attached hydrogen (secondary N) is 1. The Labute approximate surface area is 226 Å². The van der Waals surface area contributed by atoms with Crippen LogP contribution in [-0.2, 0) is 20.7 Å². The van der Waals surface area contributed by atoms with Crippen molar-refractivity contribution in [3.05, 3.63) is 95.6 Å². The predicted octanol–water partition coefficient (Wildman–Crippen LogP) is 4.90. The average molecular weight is 531 g/mol. The molecule has 1 aliphatic carbocycles. The van der Waals surface area contributed by atoms with Crippen LogP contribution in [0.1, 0.15) is 36.5 Å². The maximum absolute atomic E-state index is 13.8. The molecule has 0 unspecified atom stereocenters. The smallest absolute Gasteiger partial charge is 0.407 e. The molecule has 1 saturated heterocycles. The average Bonchev–Trinajstić information content (AvgIpc) is 3.41. The number of hydrogen-bond acceptors (Lipinski definition) is 5. The molecular formula is C30H30N2O5S. The van der Waals surface area contributed by atoms with E-state index in [0.717, 1.165) is 27.8 Å². The number of hydrogen-bond donors (Lipinski definition) is 2. The summed E-state index contributed by atoms with van der Waals surface area (Å²) in [5.74, 6) is -1.32. The Bertz CT molecular complexity index is 1310. The minimum atomic E-state index is -1.06. The fraction of sp³-hybridized carbons (Fsp3) is 0.300. The van der Waals surface area contributed by atoms with Gasteiger partial charge in [-0.2, -0.15) is 0 Å². The van der Waals surface area contributed by atoms with Crippen LogP contribution in [0.3, 0.4) is 0 Å². The highest BCUT2D eigenvalue weighted by Crippen LogP contribution is 2.44. The fourth-order valence-corrected chi connectivity index (χ4v) is 6.62. The standard InChI is InChI=1S/C30H30N2O5S/c1-30(2)32(26(18-38-30)28(34)35)27(33)25(16-19-10-4-3-5-11-19)31-29(36)37-17-24-22-14-8-6-12-20(22)21-13-7-9-15-23(21)24/h3-15,24-26H,16-18H2,1-2H3,(H,31,36)(H,34,35)/t25-,26-/m0/s1. The highest BCUT2D eigenvalue weighted by Gasteiger charge is 2.48. The van der Waals surface area contributed by atoms with Crippen molar-refractivity contribution in [2.24, 2.45) is 0 Å². The topological polar surface area (TPSA) is 95.9 Å². The first-order valence-electron chi connectivity index (χ1n) is 12.6. The number of thioether (sulfide) groups is 1. The number of amides is 2. The molecule has 8 heteroatoms. The molecule has 5 rings (SSSR count). The van der Waals surface area contributed by atoms with Gasteiger partial charge in [0.25, 0.3) is 0 Å². The predicted molar refractivity (Wildman–Crippen MR) is 147 cm³/mol. The summed E-state index contributed by atoms with van der Waals surface area (Å²) in [5, 5.41) is 12.5. The number of aliphatic carboxylic acids is 1. The maximum atomic E-state index is 13.8. The van der Waals surface area contributed by atoms with Crippen LogP contribution in [0.2, 0.25) is 0 Å². The minimum Gasteiger partial charge on any atom is -0.480 e. The highest BCUT2D eigenvalue weighted by molar-refractivity contribution is 8.00. The van der Waals surface area contributed by atoms with Gasteiger partial charge in [0.1, 0.15) is 18.7 Å². The molecule has 7 nitrogen and oxygen atoms in total. The first-order valence-corrected chi connectivity index (χ1v) is 13.6. The van der Waals surface area contributed by atoms with E-state index in [1.54, 1.807) is 0 Å². The van der Waals surface area contributed by atoms with E-state index in [2.05, 4.69) is 17.4 Å². The Kier molecular flexibility index (Phi) is 7.17. The van der Waals surface area contributed by atoms with Gasteiger partial charge >= 0.3 is 12.1 Å². The second kappa shape index (κ2) is 10.5. The normalized spacial score (nSPS) is 18.4. The summed E-state index contributed by atoms with van der Waals surface area (Å²) in [5.41, 5.74) is 5.30. The van der Waals surface area contributed by atoms with Gasteiger partial charge in [0, 0.05) is 18.1 Å². The Hall–Kier alpha value is -3.78. The molecule has 2 atom stereocenters. The largest absolute Gasteiger partial charge is 0.480 e. The maximum Gasteiger partial charge on any atom is 0.407 e. The van der Waals surface area contributed by atoms with Crippen molar-refractivity contribution in [2.75, 3.05) is 12.4 Å². The highest BCUT2D eigenvalue weighted by atomic mass is 32.2. The van der Waals surface area contributed by atoms with Crippen LogP contribution in [0, 0.1) is 0 Å². The Morgan fingerprint density at radius 1 is 0.974 bits per heavy atom. The number of carbonyl (C=O) groups is 3. The van der Waals surface area contributed by atoms with Crippen LogP contribution in [0.25, 0.3) is 11.1 Å². The third-order valence-electron chi connectivity index (χ3n) is 7.23. The summed E-state index contributed by atoms with van der Waals surface area (Å²) in [4.78, 5) is 39.5. The number of carboxylic acids is 1. The minimum absolute atomic E-state index is 0.110. The van der Waals surface area contributed by atoms with E-state index in [0.29, 0.717) is 0 Å². The summed E-state index contributed by atoms with van der Waals surface area (Å²) in [7, 11) is 0. The van der Waals surface area contributed by atoms with Gasteiger partial charge in [-0.1, -0.05) is 78.9 Å². The fourth-order valence-electron chi connectivity index (χ4n) is 5.40. The quantitative estimate of drug-likeness (QED) is 0.451. The van der Waals surface area contributed by atoms with Gasteiger partial charge in [-0.15, -0.1) is 11.8 Å². The number of rotatable bonds is 7. The Balaban J connectivity index is 1.35. The Morgan fingerprint density at radius 2 is 1.55 bits per heavy atom. The zero-order valence-corrected chi connectivity index (χ0v) is 22.1. The summed E-state index contributed by atoms with van der Waals surface area (Å²) in [6.45, 7) is 3.77. The van der Waals surface area contributed by atoms with Crippen LogP contribution in [-0.4, -0.2) is 57.3 Å². The van der Waals surface area contributed by atoms with Gasteiger partial charge < -0.3 is 20.1 Å². The van der Waals surface area contributed by atoms with Crippen molar-refractivity contribution in [1.82, 2.24) is 10.2 Å². The second-order valence-electron chi connectivity index (χ2n) is 10.0. The molecule has 0 saturated carbocycles. The van der Waals surface area contributed by atoms with Gasteiger partial charge in [-0.25, -0.2) is 9.59 Å². The number of fused-ring (bicyclic) bond motifs is 3. The third kappa shape index (κ3) is 5.00. The number of ether oxygens (including phenoxy) is 1. The van der Waals surface area contributed by atoms with Crippen molar-refractivity contribution < 1.29 is 24.2 Å². The molecule has 1 aliphatic heterocycles. The molecule has 0 spiro atoms. The number of carbonyl (C=O) groups excluding carboxylic acids is 2. The molecule has 1 heterocycles. The van der Waals surface area contributed by atoms with Crippen LogP contribution < -0.4 is 5.32 Å². The van der Waals surface area contributed by atoms with Gasteiger partial charge in [-0.05, 0) is 41.7 Å². The molecule has 38 heavy (non-hydrogen) atoms. The molecule has 3 aromatic carbocycles. The molecule has 3 aromatic rings. The van der Waals surface area contributed by atoms with Gasteiger partial charge in [0.05, 0.1) is 4.87 Å². The summed E-state index contributed by atoms with van der Waals surface area (Å²) in [6.07, 6.45) is -0.495. The van der Waals surface area contributed by atoms with Gasteiger partial charge in [-0.3, -0.25) is 4.79 Å². The van der Waals surface area contributed by atoms with Crippen molar-refractivity contribution in [1.29, 1.82) is 0 Å². The second-order valence-corrected chi connectivity index (χ2v) is 11.7. The van der Waals surface area contributed by atoms with E-state index < -0.39 is 34.9 Å². The van der Waals surface area contributed by atoms with Crippen LogP contribution in [0.4, 0.5) is 4.79 Å². The SMILES string of the molecule is CC1(C)SC[C@@H](C(=O)O)N1C(=O)[C@H](Cc1ccccc1)NC(=O)OCC1c2ccccc2-c2ccccc21. The molecule has 2 N–H and O–H groups in total. The van der Waals surface area contributed by atoms with E-state index in [-0.39, 0.29) is 24.7 Å². The van der Waals surface area contributed by atoms with Gasteiger partial charge in [0.2, 0.25) is 5.91 Å². The summed E-state index contributed by atoms with van der Waals surface area (Å²) >= 11 is 1.41. The molecule has 0 aromatic heterocycles. The number of alkyl carbamates (subject to hydrolysis) is 1. The first kappa shape index (κ1) is 25.9. The van der Waals surface area contributed by atoms with E-state index >= 15 is 0 Å². The zero-order valence-electron chi connectivity index (χ0n) is 21.3. The zero-order chi connectivity index (χ0) is 26.9. The van der Waals surface area contributed by atoms with E-state index in [4.69, 9.17) is 4.74 Å². The van der Waals surface area contributed by atoms with Crippen molar-refractivity contribution in [3.63, 3.8) is 0 Å². The lowest BCUT2D eigenvalue weighted by molar-refractivity contribution is -0.151. The van der Waals surface area contributed by atoms with Crippen molar-refractivity contribution >= 4 is 29.7 Å². The molecule has 0 bridgehead atoms. The summed E-state index contributed by atoms with van der Waals surface area (Å²) < 4.78 is 5.70. The lowest BCUT2D eigenvalue weighted by Crippen LogP contribution is -2.57. The lowest BCUT2D eigenvalue weighted by atomic mass is 9.98. The molecule has 196 valence electrons. The lowest BCUT2D eigenvalue weighted by Gasteiger charge is -2.36. The number of nitrogens with zero attached hydrogens (tertiary/aromatic N) is 1. The monoisotopic (exact) mass is 530 g/mol. The molecule has 1 fully saturated rings. The van der Waals surface area contributed by atoms with Crippen LogP contribution in [0.15, 0.2) is 78.9 Å². The molecule has 0 radical (unpaired) electrons. The van der Waals surface area contributed by atoms with Crippen LogP contribution in [0.5, 0.6) is 0 Å². The third-order valence-corrected chi connectivity index (χ3v) is 8.61. The van der Waals surface area contributed by atoms with Gasteiger partial charge in [0.15, 0.2) is 0 Å². The number of benzene rings is 3. The molecular weight excluding hydrogens is 500 g/mol. The first-order chi connectivity index (χ1) is 18.3. The van der Waals surface area contributed by atoms with Crippen molar-refractivity contribution in [2.45, 2.75) is 43.1 Å². The van der Waals surface area contributed by atoms with E-state index in [9.17, 15) is 19.5 Å². The summed E-state index contributed by atoms with van der Waals surface area (Å²) in [6, 6.07) is 23.6. The van der Waals surface area contributed by atoms with Crippen LogP contribution >= 0.6 is 11.8 Å². The molecule has 2 amide bonds. The van der Waals surface area contributed by atoms with E-state index in [1.165, 1.54) is 16.7 Å². The molecule has 2 aliphatic rings. The number of carboxylic acid groups (broad SMARTS) is 1.